The number of nitrogens with zero attached hydrogens (tertiary/aromatic N) is 1. The highest BCUT2D eigenvalue weighted by molar-refractivity contribution is 7.19. The Labute approximate surface area is 197 Å². The van der Waals surface area contributed by atoms with Crippen LogP contribution in [0.3, 0.4) is 0 Å². The van der Waals surface area contributed by atoms with Gasteiger partial charge < -0.3 is 14.3 Å². The van der Waals surface area contributed by atoms with Gasteiger partial charge in [0, 0.05) is 27.2 Å². The number of aliphatic hydroxyl groups is 1. The Kier molecular flexibility index (Phi) is 6.17. The first-order valence-corrected chi connectivity index (χ1v) is 12.4. The van der Waals surface area contributed by atoms with Gasteiger partial charge in [-0.3, -0.25) is 4.90 Å². The Morgan fingerprint density at radius 3 is 2.97 bits per heavy atom. The number of aryl methyl sites for hydroxylation is 1. The van der Waals surface area contributed by atoms with E-state index in [4.69, 9.17) is 20.8 Å². The zero-order valence-corrected chi connectivity index (χ0v) is 20.0. The normalized spacial score (nSPS) is 20.8. The lowest BCUT2D eigenvalue weighted by Crippen LogP contribution is -2.45. The van der Waals surface area contributed by atoms with Crippen molar-refractivity contribution in [1.82, 2.24) is 4.90 Å². The van der Waals surface area contributed by atoms with E-state index in [-0.39, 0.29) is 6.61 Å². The molecule has 5 rings (SSSR count). The number of β-amino-alcohol motifs (C(OH)–C–C–N with tert-alkyl or cyclic N) is 1. The smallest absolute Gasteiger partial charge is 0.137 e. The maximum absolute atomic E-state index is 10.7. The highest BCUT2D eigenvalue weighted by atomic mass is 35.5. The molecule has 1 N–H and O–H groups in total. The van der Waals surface area contributed by atoms with E-state index >= 15 is 0 Å². The summed E-state index contributed by atoms with van der Waals surface area (Å²) in [6.07, 6.45) is 1.66. The van der Waals surface area contributed by atoms with E-state index in [1.807, 2.05) is 48.6 Å². The first-order valence-electron chi connectivity index (χ1n) is 11.2. The molecule has 0 bridgehead atoms. The van der Waals surface area contributed by atoms with Gasteiger partial charge in [0.05, 0.1) is 5.39 Å². The van der Waals surface area contributed by atoms with Crippen LogP contribution in [0.25, 0.3) is 21.1 Å². The molecule has 0 radical (unpaired) electrons. The molecule has 1 aliphatic rings. The summed E-state index contributed by atoms with van der Waals surface area (Å²) in [5.41, 5.74) is 0.814. The Morgan fingerprint density at radius 2 is 2.12 bits per heavy atom. The van der Waals surface area contributed by atoms with Crippen molar-refractivity contribution in [2.45, 2.75) is 44.8 Å². The Bertz CT molecular complexity index is 1230. The molecule has 1 saturated heterocycles. The molecule has 168 valence electrons. The number of piperidine rings is 1. The first-order chi connectivity index (χ1) is 15.5. The molecule has 4 nitrogen and oxygen atoms in total. The second kappa shape index (κ2) is 9.06. The minimum Gasteiger partial charge on any atom is -0.490 e. The van der Waals surface area contributed by atoms with Crippen LogP contribution in [0, 0.1) is 6.92 Å². The fourth-order valence-electron chi connectivity index (χ4n) is 4.78. The zero-order valence-electron chi connectivity index (χ0n) is 18.4. The molecule has 0 aliphatic carbocycles. The van der Waals surface area contributed by atoms with Gasteiger partial charge in [0.15, 0.2) is 0 Å². The van der Waals surface area contributed by atoms with Crippen molar-refractivity contribution in [3.05, 3.63) is 64.2 Å². The topological polar surface area (TPSA) is 45.8 Å². The predicted octanol–water partition coefficient (Wildman–Crippen LogP) is 6.62. The first kappa shape index (κ1) is 21.8. The number of hydrogen-bond acceptors (Lipinski definition) is 5. The summed E-state index contributed by atoms with van der Waals surface area (Å²) in [5, 5.41) is 13.6. The maximum Gasteiger partial charge on any atom is 0.137 e. The van der Waals surface area contributed by atoms with E-state index in [0.717, 1.165) is 46.9 Å². The number of hydrogen-bond donors (Lipinski definition) is 1. The van der Waals surface area contributed by atoms with Crippen molar-refractivity contribution in [1.29, 1.82) is 0 Å². The third-order valence-electron chi connectivity index (χ3n) is 6.43. The number of ether oxygens (including phenoxy) is 1. The van der Waals surface area contributed by atoms with E-state index in [0.29, 0.717) is 18.5 Å². The lowest BCUT2D eigenvalue weighted by molar-refractivity contribution is 0.0408. The minimum absolute atomic E-state index is 0.271. The highest BCUT2D eigenvalue weighted by Gasteiger charge is 2.29. The van der Waals surface area contributed by atoms with Crippen LogP contribution in [0.2, 0.25) is 5.02 Å². The van der Waals surface area contributed by atoms with Gasteiger partial charge in [-0.25, -0.2) is 0 Å². The Hall–Kier alpha value is -2.05. The van der Waals surface area contributed by atoms with Crippen molar-refractivity contribution in [3.8, 4) is 5.75 Å². The maximum atomic E-state index is 10.7. The molecule has 1 aliphatic heterocycles. The van der Waals surface area contributed by atoms with Crippen LogP contribution < -0.4 is 4.74 Å². The zero-order chi connectivity index (χ0) is 22.2. The number of aliphatic hydroxyl groups excluding tert-OH is 1. The van der Waals surface area contributed by atoms with Crippen LogP contribution in [0.5, 0.6) is 5.75 Å². The summed E-state index contributed by atoms with van der Waals surface area (Å²) in [5.74, 6) is 2.18. The molecule has 2 aromatic carbocycles. The molecule has 4 aromatic rings. The van der Waals surface area contributed by atoms with Crippen molar-refractivity contribution < 1.29 is 14.3 Å². The molecule has 3 atom stereocenters. The summed E-state index contributed by atoms with van der Waals surface area (Å²) < 4.78 is 12.9. The quantitative estimate of drug-likeness (QED) is 0.345. The van der Waals surface area contributed by atoms with E-state index < -0.39 is 6.10 Å². The molecule has 32 heavy (non-hydrogen) atoms. The van der Waals surface area contributed by atoms with Crippen LogP contribution >= 0.6 is 22.9 Å². The third-order valence-corrected chi connectivity index (χ3v) is 7.95. The number of likely N-dealkylation sites (tertiary alicyclic amines) is 1. The van der Waals surface area contributed by atoms with Crippen LogP contribution in [-0.2, 0) is 0 Å². The minimum atomic E-state index is -0.538. The van der Waals surface area contributed by atoms with Gasteiger partial charge in [0.2, 0.25) is 0 Å². The van der Waals surface area contributed by atoms with Crippen molar-refractivity contribution in [2.75, 3.05) is 19.7 Å². The van der Waals surface area contributed by atoms with Crippen LogP contribution in [0.1, 0.15) is 36.3 Å². The molecule has 0 amide bonds. The molecule has 0 unspecified atom stereocenters. The van der Waals surface area contributed by atoms with Gasteiger partial charge in [0.25, 0.3) is 0 Å². The number of benzene rings is 2. The van der Waals surface area contributed by atoms with Crippen LogP contribution in [0.4, 0.5) is 0 Å². The lowest BCUT2D eigenvalue weighted by Gasteiger charge is -2.38. The second-order valence-corrected chi connectivity index (χ2v) is 10.4. The second-order valence-electron chi connectivity index (χ2n) is 8.89. The Morgan fingerprint density at radius 1 is 1.25 bits per heavy atom. The summed E-state index contributed by atoms with van der Waals surface area (Å²) >= 11 is 8.04. The van der Waals surface area contributed by atoms with E-state index in [9.17, 15) is 5.11 Å². The Balaban J connectivity index is 1.17. The van der Waals surface area contributed by atoms with E-state index in [1.165, 1.54) is 15.0 Å². The van der Waals surface area contributed by atoms with Crippen LogP contribution in [-0.4, -0.2) is 41.8 Å². The fraction of sp³-hybridized carbons (Fsp3) is 0.385. The van der Waals surface area contributed by atoms with E-state index in [2.05, 4.69) is 30.0 Å². The average molecular weight is 470 g/mol. The fourth-order valence-corrected chi connectivity index (χ4v) is 6.16. The number of halogens is 1. The van der Waals surface area contributed by atoms with Crippen molar-refractivity contribution >= 4 is 44.0 Å². The average Bonchev–Trinajstić information content (AvgIpc) is 3.36. The molecule has 2 aromatic heterocycles. The largest absolute Gasteiger partial charge is 0.490 e. The summed E-state index contributed by atoms with van der Waals surface area (Å²) in [4.78, 5) is 3.83. The molecule has 0 saturated carbocycles. The van der Waals surface area contributed by atoms with Gasteiger partial charge in [-0.1, -0.05) is 17.7 Å². The molecular weight excluding hydrogens is 442 g/mol. The van der Waals surface area contributed by atoms with Crippen molar-refractivity contribution in [2.24, 2.45) is 0 Å². The van der Waals surface area contributed by atoms with Crippen molar-refractivity contribution in [3.63, 3.8) is 0 Å². The van der Waals surface area contributed by atoms with Crippen LogP contribution in [0.15, 0.2) is 52.9 Å². The summed E-state index contributed by atoms with van der Waals surface area (Å²) in [6, 6.07) is 16.6. The summed E-state index contributed by atoms with van der Waals surface area (Å²) in [7, 11) is 0. The summed E-state index contributed by atoms with van der Waals surface area (Å²) in [6.45, 7) is 6.06. The number of thiophene rings is 1. The SMILES string of the molecule is Cc1cc2c(OC[C@@H](O)CN3CC[C@@H](c4cc5cc(Cl)ccc5s4)C[C@@H]3C)cccc2o1. The van der Waals surface area contributed by atoms with Gasteiger partial charge in [0.1, 0.15) is 29.8 Å². The van der Waals surface area contributed by atoms with Gasteiger partial charge in [-0.05, 0) is 87.0 Å². The van der Waals surface area contributed by atoms with E-state index in [1.54, 1.807) is 0 Å². The molecule has 0 spiro atoms. The molecule has 6 heteroatoms. The number of fused-ring (bicyclic) bond motifs is 2. The number of rotatable bonds is 6. The predicted molar refractivity (Wildman–Crippen MR) is 132 cm³/mol. The third kappa shape index (κ3) is 4.53. The molecule has 3 heterocycles. The molecular formula is C26H28ClNO3S. The monoisotopic (exact) mass is 469 g/mol. The highest BCUT2D eigenvalue weighted by Crippen LogP contribution is 2.39. The molecule has 1 fully saturated rings. The standard InChI is InChI=1S/C26H28ClNO3S/c1-16-10-18(26-13-19-12-20(27)6-7-25(19)32-26)8-9-28(16)14-21(29)15-30-23-4-3-5-24-22(23)11-17(2)31-24/h3-7,11-13,16,18,21,29H,8-10,14-15H2,1-2H3/t16-,18+,21-/m0/s1. The van der Waals surface area contributed by atoms with Gasteiger partial charge in [-0.2, -0.15) is 0 Å². The lowest BCUT2D eigenvalue weighted by atomic mass is 9.90. The number of furan rings is 1. The van der Waals surface area contributed by atoms with Gasteiger partial charge >= 0.3 is 0 Å². The van der Waals surface area contributed by atoms with Gasteiger partial charge in [-0.15, -0.1) is 11.3 Å².